The molecule has 0 fully saturated rings. The number of carbonyl (C=O) groups is 2. The minimum absolute atomic E-state index is 0.533. The summed E-state index contributed by atoms with van der Waals surface area (Å²) in [5, 5.41) is 8.35. The van der Waals surface area contributed by atoms with Crippen LogP contribution in [-0.2, 0) is 14.3 Å². The van der Waals surface area contributed by atoms with Crippen molar-refractivity contribution in [3.63, 3.8) is 0 Å². The smallest absolute Gasteiger partial charge is 0.324 e. The predicted octanol–water partition coefficient (Wildman–Crippen LogP) is -0.650. The first-order valence-corrected chi connectivity index (χ1v) is 3.10. The van der Waals surface area contributed by atoms with Gasteiger partial charge in [0.1, 0.15) is 12.1 Å². The third-order valence-corrected chi connectivity index (χ3v) is 1.14. The van der Waals surface area contributed by atoms with Crippen molar-refractivity contribution in [1.82, 2.24) is 0 Å². The van der Waals surface area contributed by atoms with Gasteiger partial charge >= 0.3 is 11.9 Å². The van der Waals surface area contributed by atoms with Crippen LogP contribution in [0.15, 0.2) is 0 Å². The van der Waals surface area contributed by atoms with E-state index >= 15 is 0 Å². The molecule has 0 aromatic rings. The first kappa shape index (κ1) is 9.90. The van der Waals surface area contributed by atoms with E-state index in [-0.39, 0.29) is 0 Å². The number of esters is 1. The van der Waals surface area contributed by atoms with Gasteiger partial charge in [0.2, 0.25) is 0 Å². The Balaban J connectivity index is 3.92. The number of aliphatic carboxylic acids is 1. The second-order valence-electron chi connectivity index (χ2n) is 2.18. The molecule has 0 aromatic carbocycles. The maximum atomic E-state index is 10.3. The third-order valence-electron chi connectivity index (χ3n) is 1.14. The summed E-state index contributed by atoms with van der Waals surface area (Å²) in [6.45, 7) is 2.63. The SMILES string of the molecule is CC(=O)O[C@@H](C)[C@H](N)C(=O)O. The van der Waals surface area contributed by atoms with Crippen molar-refractivity contribution in [2.45, 2.75) is 26.0 Å². The molecule has 0 aliphatic heterocycles. The molecular weight excluding hydrogens is 150 g/mol. The van der Waals surface area contributed by atoms with Gasteiger partial charge in [-0.25, -0.2) is 0 Å². The lowest BCUT2D eigenvalue weighted by molar-refractivity contribution is -0.151. The summed E-state index contributed by atoms with van der Waals surface area (Å²) in [7, 11) is 0. The third kappa shape index (κ3) is 3.57. The van der Waals surface area contributed by atoms with Crippen LogP contribution in [0.1, 0.15) is 13.8 Å². The van der Waals surface area contributed by atoms with Gasteiger partial charge in [0, 0.05) is 6.92 Å². The summed E-state index contributed by atoms with van der Waals surface area (Å²) in [5.74, 6) is -1.71. The Morgan fingerprint density at radius 2 is 2.00 bits per heavy atom. The Labute approximate surface area is 64.1 Å². The average Bonchev–Trinajstić information content (AvgIpc) is 1.84. The standard InChI is InChI=1S/C6H11NO4/c1-3(11-4(2)8)5(7)6(9)10/h3,5H,7H2,1-2H3,(H,9,10)/t3-,5-/m0/s1. The lowest BCUT2D eigenvalue weighted by atomic mass is 10.2. The molecule has 0 heterocycles. The van der Waals surface area contributed by atoms with Gasteiger partial charge in [0.15, 0.2) is 0 Å². The first-order chi connectivity index (χ1) is 4.95. The van der Waals surface area contributed by atoms with Crippen LogP contribution < -0.4 is 5.73 Å². The molecule has 0 spiro atoms. The fraction of sp³-hybridized carbons (Fsp3) is 0.667. The fourth-order valence-electron chi connectivity index (χ4n) is 0.536. The van der Waals surface area contributed by atoms with E-state index in [0.717, 1.165) is 0 Å². The lowest BCUT2D eigenvalue weighted by Gasteiger charge is -2.14. The maximum absolute atomic E-state index is 10.3. The van der Waals surface area contributed by atoms with E-state index in [1.54, 1.807) is 0 Å². The van der Waals surface area contributed by atoms with E-state index in [1.165, 1.54) is 13.8 Å². The monoisotopic (exact) mass is 161 g/mol. The van der Waals surface area contributed by atoms with Gasteiger partial charge in [-0.3, -0.25) is 9.59 Å². The highest BCUT2D eigenvalue weighted by Crippen LogP contribution is 1.96. The topological polar surface area (TPSA) is 89.6 Å². The summed E-state index contributed by atoms with van der Waals surface area (Å²) in [5.41, 5.74) is 5.13. The van der Waals surface area contributed by atoms with E-state index in [1.807, 2.05) is 0 Å². The van der Waals surface area contributed by atoms with E-state index in [0.29, 0.717) is 0 Å². The molecule has 0 saturated heterocycles. The van der Waals surface area contributed by atoms with Gasteiger partial charge in [-0.1, -0.05) is 0 Å². The zero-order chi connectivity index (χ0) is 9.02. The van der Waals surface area contributed by atoms with Crippen molar-refractivity contribution < 1.29 is 19.4 Å². The maximum Gasteiger partial charge on any atom is 0.324 e. The van der Waals surface area contributed by atoms with Gasteiger partial charge in [-0.2, -0.15) is 0 Å². The second-order valence-corrected chi connectivity index (χ2v) is 2.18. The largest absolute Gasteiger partial charge is 0.480 e. The molecule has 11 heavy (non-hydrogen) atoms. The summed E-state index contributed by atoms with van der Waals surface area (Å²) < 4.78 is 4.53. The number of carbonyl (C=O) groups excluding carboxylic acids is 1. The van der Waals surface area contributed by atoms with Gasteiger partial charge in [-0.05, 0) is 6.92 Å². The Morgan fingerprint density at radius 1 is 1.55 bits per heavy atom. The van der Waals surface area contributed by atoms with Crippen LogP contribution in [-0.4, -0.2) is 29.2 Å². The van der Waals surface area contributed by atoms with Crippen molar-refractivity contribution in [2.75, 3.05) is 0 Å². The van der Waals surface area contributed by atoms with Crippen LogP contribution in [0.3, 0.4) is 0 Å². The zero-order valence-corrected chi connectivity index (χ0v) is 6.40. The van der Waals surface area contributed by atoms with E-state index in [9.17, 15) is 9.59 Å². The molecule has 5 heteroatoms. The molecule has 0 amide bonds. The van der Waals surface area contributed by atoms with Crippen LogP contribution in [0.25, 0.3) is 0 Å². The average molecular weight is 161 g/mol. The van der Waals surface area contributed by atoms with E-state index in [4.69, 9.17) is 10.8 Å². The second kappa shape index (κ2) is 3.92. The molecule has 0 bridgehead atoms. The number of ether oxygens (including phenoxy) is 1. The molecule has 0 aromatic heterocycles. The van der Waals surface area contributed by atoms with Gasteiger partial charge in [0.25, 0.3) is 0 Å². The number of hydrogen-bond acceptors (Lipinski definition) is 4. The number of hydrogen-bond donors (Lipinski definition) is 2. The number of carboxylic acids is 1. The van der Waals surface area contributed by atoms with Crippen LogP contribution >= 0.6 is 0 Å². The molecule has 0 rings (SSSR count). The number of rotatable bonds is 3. The molecule has 3 N–H and O–H groups in total. The molecular formula is C6H11NO4. The van der Waals surface area contributed by atoms with Crippen molar-refractivity contribution in [2.24, 2.45) is 5.73 Å². The Kier molecular flexibility index (Phi) is 3.53. The molecule has 0 aliphatic rings. The summed E-state index contributed by atoms with van der Waals surface area (Å²) in [6, 6.07) is -1.15. The van der Waals surface area contributed by atoms with Crippen LogP contribution in [0.4, 0.5) is 0 Å². The van der Waals surface area contributed by atoms with Crippen LogP contribution in [0.5, 0.6) is 0 Å². The number of nitrogens with two attached hydrogens (primary N) is 1. The Morgan fingerprint density at radius 3 is 2.27 bits per heavy atom. The summed E-state index contributed by atoms with van der Waals surface area (Å²) >= 11 is 0. The molecule has 64 valence electrons. The number of carboxylic acid groups (broad SMARTS) is 1. The van der Waals surface area contributed by atoms with E-state index in [2.05, 4.69) is 4.74 Å². The molecule has 5 nitrogen and oxygen atoms in total. The fourth-order valence-corrected chi connectivity index (χ4v) is 0.536. The van der Waals surface area contributed by atoms with Crippen LogP contribution in [0.2, 0.25) is 0 Å². The van der Waals surface area contributed by atoms with Crippen molar-refractivity contribution >= 4 is 11.9 Å². The highest BCUT2D eigenvalue weighted by Gasteiger charge is 2.21. The molecule has 0 aliphatic carbocycles. The normalized spacial score (nSPS) is 15.2. The Bertz CT molecular complexity index is 168. The van der Waals surface area contributed by atoms with Crippen molar-refractivity contribution in [1.29, 1.82) is 0 Å². The highest BCUT2D eigenvalue weighted by molar-refractivity contribution is 5.74. The zero-order valence-electron chi connectivity index (χ0n) is 6.40. The molecule has 2 atom stereocenters. The summed E-state index contributed by atoms with van der Waals surface area (Å²) in [6.07, 6.45) is -0.787. The van der Waals surface area contributed by atoms with Gasteiger partial charge < -0.3 is 15.6 Å². The predicted molar refractivity (Wildman–Crippen MR) is 36.8 cm³/mol. The quantitative estimate of drug-likeness (QED) is 0.537. The lowest BCUT2D eigenvalue weighted by Crippen LogP contribution is -2.42. The van der Waals surface area contributed by atoms with Gasteiger partial charge in [0.05, 0.1) is 0 Å². The minimum Gasteiger partial charge on any atom is -0.480 e. The first-order valence-electron chi connectivity index (χ1n) is 3.10. The van der Waals surface area contributed by atoms with Crippen molar-refractivity contribution in [3.8, 4) is 0 Å². The molecule has 0 saturated carbocycles. The highest BCUT2D eigenvalue weighted by atomic mass is 16.5. The Hall–Kier alpha value is -1.10. The minimum atomic E-state index is -1.18. The van der Waals surface area contributed by atoms with Crippen molar-refractivity contribution in [3.05, 3.63) is 0 Å². The van der Waals surface area contributed by atoms with Gasteiger partial charge in [-0.15, -0.1) is 0 Å². The molecule has 0 radical (unpaired) electrons. The molecule has 0 unspecified atom stereocenters. The van der Waals surface area contributed by atoms with E-state index < -0.39 is 24.1 Å². The summed E-state index contributed by atoms with van der Waals surface area (Å²) in [4.78, 5) is 20.5. The van der Waals surface area contributed by atoms with Crippen LogP contribution in [0, 0.1) is 0 Å².